The van der Waals surface area contributed by atoms with Crippen molar-refractivity contribution in [1.29, 1.82) is 0 Å². The molecule has 1 N–H and O–H groups in total. The summed E-state index contributed by atoms with van der Waals surface area (Å²) in [4.78, 5) is 0. The van der Waals surface area contributed by atoms with Gasteiger partial charge in [0, 0.05) is 7.11 Å². The third-order valence-corrected chi connectivity index (χ3v) is 2.86. The van der Waals surface area contributed by atoms with E-state index in [-0.39, 0.29) is 11.5 Å². The molecule has 1 aromatic rings. The van der Waals surface area contributed by atoms with Gasteiger partial charge in [0.15, 0.2) is 0 Å². The van der Waals surface area contributed by atoms with Crippen molar-refractivity contribution >= 4 is 0 Å². The van der Waals surface area contributed by atoms with Crippen molar-refractivity contribution in [2.45, 2.75) is 32.2 Å². The molecule has 0 aromatic heterocycles. The Morgan fingerprint density at radius 1 is 1.19 bits per heavy atom. The molecule has 0 saturated heterocycles. The van der Waals surface area contributed by atoms with Gasteiger partial charge in [-0.05, 0) is 23.6 Å². The van der Waals surface area contributed by atoms with Crippen molar-refractivity contribution < 1.29 is 4.74 Å². The van der Waals surface area contributed by atoms with E-state index in [1.807, 2.05) is 7.05 Å². The van der Waals surface area contributed by atoms with E-state index < -0.39 is 0 Å². The van der Waals surface area contributed by atoms with E-state index >= 15 is 0 Å². The van der Waals surface area contributed by atoms with Gasteiger partial charge in [-0.3, -0.25) is 0 Å². The molecule has 1 rings (SSSR count). The summed E-state index contributed by atoms with van der Waals surface area (Å²) in [5, 5.41) is 3.25. The van der Waals surface area contributed by atoms with Crippen LogP contribution in [-0.2, 0) is 10.2 Å². The molecular formula is C14H23NO. The molecule has 0 saturated carbocycles. The van der Waals surface area contributed by atoms with Gasteiger partial charge in [-0.2, -0.15) is 0 Å². The van der Waals surface area contributed by atoms with E-state index in [2.05, 4.69) is 50.4 Å². The molecule has 0 aliphatic heterocycles. The van der Waals surface area contributed by atoms with Gasteiger partial charge in [0.2, 0.25) is 0 Å². The molecule has 16 heavy (non-hydrogen) atoms. The maximum atomic E-state index is 5.18. The summed E-state index contributed by atoms with van der Waals surface area (Å²) in [6.07, 6.45) is 0. The average Bonchev–Trinajstić information content (AvgIpc) is 2.25. The van der Waals surface area contributed by atoms with Crippen molar-refractivity contribution in [3.63, 3.8) is 0 Å². The Morgan fingerprint density at radius 2 is 1.75 bits per heavy atom. The highest BCUT2D eigenvalue weighted by Crippen LogP contribution is 2.23. The zero-order valence-corrected chi connectivity index (χ0v) is 11.0. The van der Waals surface area contributed by atoms with Gasteiger partial charge in [-0.15, -0.1) is 0 Å². The maximum absolute atomic E-state index is 5.18. The lowest BCUT2D eigenvalue weighted by Crippen LogP contribution is -2.21. The normalized spacial score (nSPS) is 13.8. The second kappa shape index (κ2) is 5.46. The van der Waals surface area contributed by atoms with Gasteiger partial charge >= 0.3 is 0 Å². The lowest BCUT2D eigenvalue weighted by molar-refractivity contribution is 0.170. The fourth-order valence-corrected chi connectivity index (χ4v) is 1.73. The number of benzene rings is 1. The molecule has 0 spiro atoms. The third-order valence-electron chi connectivity index (χ3n) is 2.86. The van der Waals surface area contributed by atoms with Crippen LogP contribution < -0.4 is 5.32 Å². The highest BCUT2D eigenvalue weighted by Gasteiger charge is 2.14. The second-order valence-electron chi connectivity index (χ2n) is 5.17. The molecule has 90 valence electrons. The van der Waals surface area contributed by atoms with Crippen LogP contribution in [-0.4, -0.2) is 20.8 Å². The van der Waals surface area contributed by atoms with Gasteiger partial charge < -0.3 is 10.1 Å². The standard InChI is InChI=1S/C14H23NO/c1-14(2,3)12-8-6-11(7-9-12)13(15-4)10-16-5/h6-9,13,15H,10H2,1-5H3. The first-order valence-corrected chi connectivity index (χ1v) is 5.75. The lowest BCUT2D eigenvalue weighted by atomic mass is 9.86. The van der Waals surface area contributed by atoms with Crippen LogP contribution in [0.1, 0.15) is 37.9 Å². The van der Waals surface area contributed by atoms with Gasteiger partial charge in [0.25, 0.3) is 0 Å². The molecule has 0 bridgehead atoms. The van der Waals surface area contributed by atoms with Crippen molar-refractivity contribution in [1.82, 2.24) is 5.32 Å². The molecule has 0 amide bonds. The number of hydrogen-bond acceptors (Lipinski definition) is 2. The minimum absolute atomic E-state index is 0.217. The van der Waals surface area contributed by atoms with Crippen molar-refractivity contribution in [2.75, 3.05) is 20.8 Å². The molecule has 1 aromatic carbocycles. The van der Waals surface area contributed by atoms with Crippen LogP contribution in [0.4, 0.5) is 0 Å². The van der Waals surface area contributed by atoms with Crippen LogP contribution in [0.15, 0.2) is 24.3 Å². The van der Waals surface area contributed by atoms with Crippen LogP contribution in [0.25, 0.3) is 0 Å². The fraction of sp³-hybridized carbons (Fsp3) is 0.571. The SMILES string of the molecule is CNC(COC)c1ccc(C(C)(C)C)cc1. The summed E-state index contributed by atoms with van der Waals surface area (Å²) in [7, 11) is 3.69. The first-order chi connectivity index (χ1) is 7.49. The molecule has 0 aliphatic rings. The summed E-state index contributed by atoms with van der Waals surface area (Å²) >= 11 is 0. The van der Waals surface area contributed by atoms with Crippen LogP contribution in [0.2, 0.25) is 0 Å². The third kappa shape index (κ3) is 3.32. The minimum Gasteiger partial charge on any atom is -0.383 e. The number of ether oxygens (including phenoxy) is 1. The van der Waals surface area contributed by atoms with Crippen LogP contribution >= 0.6 is 0 Å². The van der Waals surface area contributed by atoms with E-state index in [1.54, 1.807) is 7.11 Å². The largest absolute Gasteiger partial charge is 0.383 e. The molecule has 0 heterocycles. The number of rotatable bonds is 4. The highest BCUT2D eigenvalue weighted by molar-refractivity contribution is 5.29. The monoisotopic (exact) mass is 221 g/mol. The Labute approximate surface area is 99.0 Å². The van der Waals surface area contributed by atoms with E-state index in [9.17, 15) is 0 Å². The van der Waals surface area contributed by atoms with E-state index in [1.165, 1.54) is 11.1 Å². The Kier molecular flexibility index (Phi) is 4.51. The molecule has 0 fully saturated rings. The minimum atomic E-state index is 0.217. The fourth-order valence-electron chi connectivity index (χ4n) is 1.73. The number of hydrogen-bond donors (Lipinski definition) is 1. The summed E-state index contributed by atoms with van der Waals surface area (Å²) in [5.74, 6) is 0. The topological polar surface area (TPSA) is 21.3 Å². The summed E-state index contributed by atoms with van der Waals surface area (Å²) in [6, 6.07) is 9.05. The number of nitrogens with one attached hydrogen (secondary N) is 1. The molecule has 0 radical (unpaired) electrons. The molecule has 1 atom stereocenters. The zero-order valence-electron chi connectivity index (χ0n) is 11.0. The predicted molar refractivity (Wildman–Crippen MR) is 68.8 cm³/mol. The Bertz CT molecular complexity index is 311. The van der Waals surface area contributed by atoms with E-state index in [4.69, 9.17) is 4.74 Å². The summed E-state index contributed by atoms with van der Waals surface area (Å²) in [5.41, 5.74) is 2.86. The number of methoxy groups -OCH3 is 1. The maximum Gasteiger partial charge on any atom is 0.0657 e. The average molecular weight is 221 g/mol. The molecular weight excluding hydrogens is 198 g/mol. The quantitative estimate of drug-likeness (QED) is 0.844. The van der Waals surface area contributed by atoms with Gasteiger partial charge in [-0.1, -0.05) is 45.0 Å². The predicted octanol–water partition coefficient (Wildman–Crippen LogP) is 2.89. The van der Waals surface area contributed by atoms with Crippen LogP contribution in [0, 0.1) is 0 Å². The van der Waals surface area contributed by atoms with Crippen molar-refractivity contribution in [3.8, 4) is 0 Å². The van der Waals surface area contributed by atoms with Crippen LogP contribution in [0.5, 0.6) is 0 Å². The van der Waals surface area contributed by atoms with Gasteiger partial charge in [0.05, 0.1) is 12.6 Å². The van der Waals surface area contributed by atoms with Crippen molar-refractivity contribution in [3.05, 3.63) is 35.4 Å². The summed E-state index contributed by atoms with van der Waals surface area (Å²) in [6.45, 7) is 7.39. The molecule has 0 aliphatic carbocycles. The first kappa shape index (κ1) is 13.2. The Balaban J connectivity index is 2.85. The summed E-state index contributed by atoms with van der Waals surface area (Å²) < 4.78 is 5.18. The Morgan fingerprint density at radius 3 is 2.12 bits per heavy atom. The second-order valence-corrected chi connectivity index (χ2v) is 5.17. The lowest BCUT2D eigenvalue weighted by Gasteiger charge is -2.21. The van der Waals surface area contributed by atoms with E-state index in [0.717, 1.165) is 0 Å². The smallest absolute Gasteiger partial charge is 0.0657 e. The molecule has 2 heteroatoms. The zero-order chi connectivity index (χ0) is 12.2. The van der Waals surface area contributed by atoms with Gasteiger partial charge in [0.1, 0.15) is 0 Å². The number of likely N-dealkylation sites (N-methyl/N-ethyl adjacent to an activating group) is 1. The van der Waals surface area contributed by atoms with Crippen LogP contribution in [0.3, 0.4) is 0 Å². The molecule has 1 unspecified atom stereocenters. The van der Waals surface area contributed by atoms with Gasteiger partial charge in [-0.25, -0.2) is 0 Å². The van der Waals surface area contributed by atoms with E-state index in [0.29, 0.717) is 6.61 Å². The Hall–Kier alpha value is -0.860. The first-order valence-electron chi connectivity index (χ1n) is 5.75. The highest BCUT2D eigenvalue weighted by atomic mass is 16.5. The van der Waals surface area contributed by atoms with Crippen molar-refractivity contribution in [2.24, 2.45) is 0 Å². The molecule has 2 nitrogen and oxygen atoms in total.